The third kappa shape index (κ3) is 11.1. The quantitative estimate of drug-likeness (QED) is 0.0175. The highest BCUT2D eigenvalue weighted by molar-refractivity contribution is 8.09. The van der Waals surface area contributed by atoms with E-state index in [0.29, 0.717) is 38.9 Å². The zero-order chi connectivity index (χ0) is 51.6. The lowest BCUT2D eigenvalue weighted by molar-refractivity contribution is -0.404. The van der Waals surface area contributed by atoms with Crippen molar-refractivity contribution >= 4 is 66.8 Å². The first-order chi connectivity index (χ1) is 33.6. The Hall–Kier alpha value is -6.07. The van der Waals surface area contributed by atoms with Gasteiger partial charge in [-0.05, 0) is 82.5 Å². The van der Waals surface area contributed by atoms with Gasteiger partial charge in [-0.15, -0.1) is 11.8 Å². The number of carbonyl (C=O) groups excluding carboxylic acids is 1. The molecule has 0 spiro atoms. The van der Waals surface area contributed by atoms with Crippen LogP contribution in [-0.2, 0) is 30.5 Å². The second-order valence-electron chi connectivity index (χ2n) is 18.4. The number of nitrogens with zero attached hydrogens (tertiary/aromatic N) is 1. The number of hydrogen-bond donors (Lipinski definition) is 2. The van der Waals surface area contributed by atoms with E-state index in [2.05, 4.69) is 101 Å². The van der Waals surface area contributed by atoms with Crippen molar-refractivity contribution in [2.75, 3.05) is 17.7 Å². The van der Waals surface area contributed by atoms with Crippen molar-refractivity contribution in [3.8, 4) is 22.5 Å². The van der Waals surface area contributed by atoms with Gasteiger partial charge in [0.2, 0.25) is 11.0 Å². The number of nitrogens with one attached hydrogen (secondary N) is 2. The lowest BCUT2D eigenvalue weighted by Crippen LogP contribution is -2.71. The standard InChI is InChI=1S/C55H54F4N3O6S3/c1-29(2)36-16-13-17-37(30(3)4)51(36)60-34-21-23-40-43(27-34)68-44-28-35(61-52-38(31(5)6)18-14-19-39(52)32(7)8)22-24-41(44)46(40)42-15-11-12-20-45(42)70(64)62-71(65,66)54-49(58)47(56)53(48(57)50(54)59)69-26-25-67-55(63)33(9)10/h11-24,27-32H,9,25-26H2,1-8,10H3,(H,60,61)/q-1/p+1. The van der Waals surface area contributed by atoms with Crippen molar-refractivity contribution in [3.63, 3.8) is 0 Å². The van der Waals surface area contributed by atoms with E-state index in [4.69, 9.17) is 9.15 Å². The maximum absolute atomic E-state index is 15.6. The number of halogens is 4. The summed E-state index contributed by atoms with van der Waals surface area (Å²) in [6.07, 6.45) is 0. The van der Waals surface area contributed by atoms with Crippen molar-refractivity contribution in [1.29, 1.82) is 0 Å². The van der Waals surface area contributed by atoms with E-state index in [-0.39, 0.29) is 57.2 Å². The van der Waals surface area contributed by atoms with Gasteiger partial charge in [-0.3, -0.25) is 4.21 Å². The highest BCUT2D eigenvalue weighted by Gasteiger charge is 2.31. The lowest BCUT2D eigenvalue weighted by atomic mass is 9.92. The number of anilines is 2. The van der Waals surface area contributed by atoms with Gasteiger partial charge in [-0.2, -0.15) is 0 Å². The Morgan fingerprint density at radius 1 is 0.761 bits per heavy atom. The molecule has 1 heterocycles. The Labute approximate surface area is 418 Å². The SMILES string of the molecule is C=C(C)C(=O)OCCSc1c(F)c(F)c(S(=O)(=O)[N-]S(=O)c2ccccc2-c2c3ccc(=[NH+]c4c(C(C)C)cccc4C(C)C)cc-3oc3cc(Nc4c(C(C)C)cccc4C(C)C)ccc23)c(F)c1F. The summed E-state index contributed by atoms with van der Waals surface area (Å²) in [5.74, 6) is -8.48. The molecule has 71 heavy (non-hydrogen) atoms. The molecular formula is C55H55F4N3O6S3. The van der Waals surface area contributed by atoms with Gasteiger partial charge >= 0.3 is 5.97 Å². The van der Waals surface area contributed by atoms with Crippen LogP contribution < -0.4 is 15.7 Å². The molecule has 372 valence electrons. The van der Waals surface area contributed by atoms with E-state index in [1.165, 1.54) is 19.1 Å². The van der Waals surface area contributed by atoms with E-state index in [9.17, 15) is 17.4 Å². The summed E-state index contributed by atoms with van der Waals surface area (Å²) in [7, 11) is -8.65. The van der Waals surface area contributed by atoms with E-state index in [1.54, 1.807) is 12.1 Å². The smallest absolute Gasteiger partial charge is 0.333 e. The normalized spacial score (nSPS) is 12.8. The summed E-state index contributed by atoms with van der Waals surface area (Å²) in [6.45, 7) is 21.4. The van der Waals surface area contributed by atoms with Crippen molar-refractivity contribution in [1.82, 2.24) is 0 Å². The zero-order valence-electron chi connectivity index (χ0n) is 40.8. The van der Waals surface area contributed by atoms with Gasteiger partial charge in [-0.1, -0.05) is 117 Å². The van der Waals surface area contributed by atoms with Crippen LogP contribution in [-0.4, -0.2) is 31.0 Å². The predicted molar refractivity (Wildman–Crippen MR) is 274 cm³/mol. The van der Waals surface area contributed by atoms with Gasteiger partial charge in [0, 0.05) is 67.4 Å². The molecule has 1 aliphatic heterocycles. The Kier molecular flexibility index (Phi) is 16.1. The van der Waals surface area contributed by atoms with Crippen LogP contribution in [0.1, 0.15) is 108 Å². The molecule has 0 fully saturated rings. The summed E-state index contributed by atoms with van der Waals surface area (Å²) >= 11 is 0.258. The molecule has 1 unspecified atom stereocenters. The molecule has 1 aliphatic carbocycles. The first-order valence-corrected chi connectivity index (χ1v) is 26.6. The fourth-order valence-corrected chi connectivity index (χ4v) is 11.7. The maximum Gasteiger partial charge on any atom is 0.333 e. The van der Waals surface area contributed by atoms with Crippen LogP contribution in [0.4, 0.5) is 34.6 Å². The van der Waals surface area contributed by atoms with Gasteiger partial charge in [-0.25, -0.2) is 35.8 Å². The van der Waals surface area contributed by atoms with Crippen LogP contribution in [0.15, 0.2) is 128 Å². The van der Waals surface area contributed by atoms with Crippen molar-refractivity contribution in [2.24, 2.45) is 0 Å². The second kappa shape index (κ2) is 21.7. The Bertz CT molecular complexity index is 3310. The Balaban J connectivity index is 1.37. The Morgan fingerprint density at radius 3 is 1.92 bits per heavy atom. The molecular weight excluding hydrogens is 971 g/mol. The molecule has 0 saturated heterocycles. The molecule has 16 heteroatoms. The van der Waals surface area contributed by atoms with Crippen LogP contribution in [0, 0.1) is 23.3 Å². The predicted octanol–water partition coefficient (Wildman–Crippen LogP) is 13.3. The number of hydrogen-bond acceptors (Lipinski definition) is 8. The molecule has 0 amide bonds. The second-order valence-corrected chi connectivity index (χ2v) is 22.4. The molecule has 2 aliphatic rings. The van der Waals surface area contributed by atoms with Gasteiger partial charge in [0.05, 0.1) is 11.0 Å². The van der Waals surface area contributed by atoms with Crippen LogP contribution in [0.3, 0.4) is 0 Å². The van der Waals surface area contributed by atoms with Crippen LogP contribution in [0.2, 0.25) is 0 Å². The number of thioether (sulfide) groups is 1. The minimum atomic E-state index is -5.70. The average Bonchev–Trinajstić information content (AvgIpc) is 3.31. The number of sulfonamides is 1. The molecule has 0 bridgehead atoms. The zero-order valence-corrected chi connectivity index (χ0v) is 43.3. The Morgan fingerprint density at radius 2 is 1.34 bits per heavy atom. The fraction of sp³-hybridized carbons (Fsp3) is 0.273. The highest BCUT2D eigenvalue weighted by atomic mass is 32.3. The van der Waals surface area contributed by atoms with E-state index in [1.807, 2.05) is 48.5 Å². The first kappa shape index (κ1) is 52.7. The molecule has 5 aromatic rings. The molecule has 1 atom stereocenters. The number of carbonyl (C=O) groups is 1. The number of para-hydroxylation sites is 2. The summed E-state index contributed by atoms with van der Waals surface area (Å²) < 4.78 is 119. The van der Waals surface area contributed by atoms with E-state index < -0.39 is 66.6 Å². The van der Waals surface area contributed by atoms with Crippen LogP contribution in [0.25, 0.3) is 37.5 Å². The molecule has 0 radical (unpaired) electrons. The minimum Gasteiger partial charge on any atom is -0.461 e. The lowest BCUT2D eigenvalue weighted by Gasteiger charge is -2.24. The van der Waals surface area contributed by atoms with Crippen LogP contribution >= 0.6 is 11.8 Å². The summed E-state index contributed by atoms with van der Waals surface area (Å²) in [6, 6.07) is 29.7. The maximum atomic E-state index is 15.6. The number of esters is 1. The van der Waals surface area contributed by atoms with Crippen LogP contribution in [0.5, 0.6) is 0 Å². The third-order valence-corrected chi connectivity index (χ3v) is 15.8. The van der Waals surface area contributed by atoms with E-state index >= 15 is 17.6 Å². The number of rotatable bonds is 17. The monoisotopic (exact) mass is 1030 g/mol. The van der Waals surface area contributed by atoms with Gasteiger partial charge in [0.15, 0.2) is 23.3 Å². The average molecular weight is 1030 g/mol. The minimum absolute atomic E-state index is 0.0562. The molecule has 5 aromatic carbocycles. The van der Waals surface area contributed by atoms with Crippen molar-refractivity contribution < 1.29 is 49.1 Å². The molecule has 0 saturated carbocycles. The number of benzene rings is 6. The number of fused-ring (bicyclic) bond motifs is 2. The fourth-order valence-electron chi connectivity index (χ4n) is 8.35. The topological polar surface area (TPSA) is 131 Å². The molecule has 0 aromatic heterocycles. The number of ether oxygens (including phenoxy) is 1. The summed E-state index contributed by atoms with van der Waals surface area (Å²) in [5.41, 5.74) is 8.85. The van der Waals surface area contributed by atoms with E-state index in [0.717, 1.165) is 33.6 Å². The summed E-state index contributed by atoms with van der Waals surface area (Å²) in [5, 5.41) is 4.90. The van der Waals surface area contributed by atoms with Gasteiger partial charge in [0.1, 0.15) is 32.9 Å². The largest absolute Gasteiger partial charge is 0.461 e. The molecule has 2 N–H and O–H groups in total. The summed E-state index contributed by atoms with van der Waals surface area (Å²) in [4.78, 5) is 11.9. The van der Waals surface area contributed by atoms with Crippen molar-refractivity contribution in [3.05, 3.63) is 164 Å². The molecule has 7 rings (SSSR count). The highest BCUT2D eigenvalue weighted by Crippen LogP contribution is 2.45. The first-order valence-electron chi connectivity index (χ1n) is 23.0. The third-order valence-electron chi connectivity index (χ3n) is 11.9. The molecule has 9 nitrogen and oxygen atoms in total. The van der Waals surface area contributed by atoms with Crippen molar-refractivity contribution in [2.45, 2.75) is 101 Å². The van der Waals surface area contributed by atoms with Gasteiger partial charge < -0.3 is 18.6 Å². The van der Waals surface area contributed by atoms with Gasteiger partial charge in [0.25, 0.3) is 0 Å².